The van der Waals surface area contributed by atoms with E-state index < -0.39 is 9.80 Å². The van der Waals surface area contributed by atoms with E-state index in [9.17, 15) is 4.21 Å². The van der Waals surface area contributed by atoms with Crippen LogP contribution < -0.4 is 0 Å². The number of rotatable bonds is 0. The molecule has 6 unspecified atom stereocenters. The lowest BCUT2D eigenvalue weighted by molar-refractivity contribution is 0.0786. The Morgan fingerprint density at radius 1 is 1.50 bits per heavy atom. The number of hydrogen-bond donors (Lipinski definition) is 0. The first kappa shape index (κ1) is 7.35. The summed E-state index contributed by atoms with van der Waals surface area (Å²) in [6.07, 6.45) is 1.33. The van der Waals surface area contributed by atoms with Gasteiger partial charge in [0.05, 0.1) is 21.2 Å². The highest BCUT2D eigenvalue weighted by molar-refractivity contribution is 7.96. The van der Waals surface area contributed by atoms with Gasteiger partial charge in [-0.25, -0.2) is 4.21 Å². The molecule has 3 heterocycles. The molecule has 0 N–H and O–H groups in total. The molecule has 0 aliphatic carbocycles. The molecule has 3 aliphatic rings. The molecule has 68 valence electrons. The molecule has 0 saturated carbocycles. The Labute approximate surface area is 72.3 Å². The van der Waals surface area contributed by atoms with Crippen LogP contribution >= 0.6 is 0 Å². The predicted octanol–water partition coefficient (Wildman–Crippen LogP) is 0.192. The largest absolute Gasteiger partial charge is 0.370 e. The SMILES string of the molecule is C=S1(=O)OC2CC3OC2C1C3C. The third-order valence-corrected chi connectivity index (χ3v) is 5.39. The van der Waals surface area contributed by atoms with E-state index in [-0.39, 0.29) is 23.6 Å². The van der Waals surface area contributed by atoms with Crippen molar-refractivity contribution in [3.05, 3.63) is 0 Å². The zero-order chi connectivity index (χ0) is 8.51. The maximum Gasteiger partial charge on any atom is 0.104 e. The van der Waals surface area contributed by atoms with Crippen LogP contribution in [0.5, 0.6) is 0 Å². The van der Waals surface area contributed by atoms with Crippen LogP contribution in [0.2, 0.25) is 0 Å². The summed E-state index contributed by atoms with van der Waals surface area (Å²) in [5.41, 5.74) is 0. The van der Waals surface area contributed by atoms with Gasteiger partial charge in [0, 0.05) is 12.3 Å². The molecule has 3 nitrogen and oxygen atoms in total. The minimum atomic E-state index is -2.31. The molecule has 0 spiro atoms. The molecule has 6 atom stereocenters. The van der Waals surface area contributed by atoms with Crippen molar-refractivity contribution in [3.63, 3.8) is 0 Å². The molecule has 0 radical (unpaired) electrons. The molecule has 0 aromatic carbocycles. The van der Waals surface area contributed by atoms with Gasteiger partial charge in [0.15, 0.2) is 0 Å². The van der Waals surface area contributed by atoms with Gasteiger partial charge in [0.1, 0.15) is 12.2 Å². The Morgan fingerprint density at radius 2 is 2.25 bits per heavy atom. The monoisotopic (exact) mass is 188 g/mol. The smallest absolute Gasteiger partial charge is 0.104 e. The van der Waals surface area contributed by atoms with Crippen LogP contribution in [0.3, 0.4) is 0 Å². The Morgan fingerprint density at radius 3 is 2.83 bits per heavy atom. The normalized spacial score (nSPS) is 67.6. The van der Waals surface area contributed by atoms with E-state index in [0.717, 1.165) is 6.42 Å². The second-order valence-corrected chi connectivity index (χ2v) is 6.06. The predicted molar refractivity (Wildman–Crippen MR) is 46.4 cm³/mol. The van der Waals surface area contributed by atoms with Crippen molar-refractivity contribution in [1.82, 2.24) is 0 Å². The lowest BCUT2D eigenvalue weighted by Gasteiger charge is -2.17. The Hall–Kier alpha value is -0.0600. The highest BCUT2D eigenvalue weighted by atomic mass is 32.2. The summed E-state index contributed by atoms with van der Waals surface area (Å²) < 4.78 is 22.9. The minimum Gasteiger partial charge on any atom is -0.370 e. The molecule has 0 amide bonds. The quantitative estimate of drug-likeness (QED) is 0.509. The van der Waals surface area contributed by atoms with Crippen LogP contribution in [0.25, 0.3) is 0 Å². The van der Waals surface area contributed by atoms with Crippen molar-refractivity contribution in [1.29, 1.82) is 0 Å². The molecule has 3 aliphatic heterocycles. The first-order valence-corrected chi connectivity index (χ1v) is 6.01. The molecule has 3 saturated heterocycles. The van der Waals surface area contributed by atoms with Gasteiger partial charge < -0.3 is 4.74 Å². The third-order valence-electron chi connectivity index (χ3n) is 3.29. The van der Waals surface area contributed by atoms with Crippen LogP contribution in [0, 0.1) is 5.92 Å². The fourth-order valence-corrected chi connectivity index (χ4v) is 4.96. The summed E-state index contributed by atoms with van der Waals surface area (Å²) in [7, 11) is -2.31. The van der Waals surface area contributed by atoms with Gasteiger partial charge in [-0.1, -0.05) is 6.92 Å². The Bertz CT molecular complexity index is 319. The van der Waals surface area contributed by atoms with Crippen molar-refractivity contribution in [2.75, 3.05) is 0 Å². The fraction of sp³-hybridized carbons (Fsp3) is 0.875. The maximum atomic E-state index is 11.8. The van der Waals surface area contributed by atoms with E-state index in [4.69, 9.17) is 8.92 Å². The molecule has 3 fully saturated rings. The minimum absolute atomic E-state index is 0.0567. The first-order chi connectivity index (χ1) is 5.59. The standard InChI is InChI=1S/C8H12O3S/c1-4-5-3-6-7(10-5)8(4)12(2,9)11-6/h4-8H,2-3H2,1H3. The summed E-state index contributed by atoms with van der Waals surface area (Å²) in [4.78, 5) is 0. The number of ether oxygens (including phenoxy) is 1. The first-order valence-electron chi connectivity index (χ1n) is 4.29. The van der Waals surface area contributed by atoms with Crippen molar-refractivity contribution in [2.45, 2.75) is 36.9 Å². The van der Waals surface area contributed by atoms with Crippen molar-refractivity contribution in [2.24, 2.45) is 5.92 Å². The van der Waals surface area contributed by atoms with Crippen molar-refractivity contribution >= 4 is 15.7 Å². The average Bonchev–Trinajstić information content (AvgIpc) is 2.45. The summed E-state index contributed by atoms with van der Waals surface area (Å²) in [6, 6.07) is 0. The van der Waals surface area contributed by atoms with Gasteiger partial charge in [0.25, 0.3) is 0 Å². The van der Waals surface area contributed by atoms with Crippen molar-refractivity contribution < 1.29 is 13.1 Å². The lowest BCUT2D eigenvalue weighted by atomic mass is 9.89. The molecule has 4 heteroatoms. The van der Waals surface area contributed by atoms with Crippen molar-refractivity contribution in [3.8, 4) is 0 Å². The summed E-state index contributed by atoms with van der Waals surface area (Å²) in [5, 5.41) is 0.0567. The highest BCUT2D eigenvalue weighted by Crippen LogP contribution is 2.49. The second kappa shape index (κ2) is 1.89. The average molecular weight is 188 g/mol. The summed E-state index contributed by atoms with van der Waals surface area (Å²) in [5.74, 6) is 4.03. The molecular weight excluding hydrogens is 176 g/mol. The molecule has 0 aromatic rings. The van der Waals surface area contributed by atoms with Crippen LogP contribution in [0.4, 0.5) is 0 Å². The van der Waals surface area contributed by atoms with E-state index >= 15 is 0 Å². The van der Waals surface area contributed by atoms with E-state index in [2.05, 4.69) is 12.8 Å². The van der Waals surface area contributed by atoms with E-state index in [1.54, 1.807) is 0 Å². The maximum absolute atomic E-state index is 11.8. The van der Waals surface area contributed by atoms with Crippen LogP contribution in [-0.4, -0.2) is 33.6 Å². The van der Waals surface area contributed by atoms with Crippen LogP contribution in [0.15, 0.2) is 0 Å². The topological polar surface area (TPSA) is 35.5 Å². The molecule has 12 heavy (non-hydrogen) atoms. The lowest BCUT2D eigenvalue weighted by Crippen LogP contribution is -2.34. The molecular formula is C8H12O3S. The summed E-state index contributed by atoms with van der Waals surface area (Å²) >= 11 is 0. The van der Waals surface area contributed by atoms with Gasteiger partial charge in [-0.05, 0) is 5.87 Å². The number of fused-ring (bicyclic) bond motifs is 1. The fourth-order valence-electron chi connectivity index (χ4n) is 2.75. The third kappa shape index (κ3) is 0.651. The van der Waals surface area contributed by atoms with Crippen LogP contribution in [0.1, 0.15) is 13.3 Å². The zero-order valence-corrected chi connectivity index (χ0v) is 7.75. The Kier molecular flexibility index (Phi) is 1.16. The van der Waals surface area contributed by atoms with Gasteiger partial charge in [-0.2, -0.15) is 0 Å². The van der Waals surface area contributed by atoms with E-state index in [1.807, 2.05) is 0 Å². The van der Waals surface area contributed by atoms with E-state index in [1.165, 1.54) is 0 Å². The molecule has 0 aromatic heterocycles. The van der Waals surface area contributed by atoms with E-state index in [0.29, 0.717) is 5.92 Å². The van der Waals surface area contributed by atoms with Gasteiger partial charge in [-0.3, -0.25) is 4.18 Å². The van der Waals surface area contributed by atoms with Gasteiger partial charge in [0.2, 0.25) is 0 Å². The highest BCUT2D eigenvalue weighted by Gasteiger charge is 2.61. The molecule has 3 rings (SSSR count). The zero-order valence-electron chi connectivity index (χ0n) is 6.93. The molecule has 2 bridgehead atoms. The second-order valence-electron chi connectivity index (χ2n) is 4.00. The number of hydrogen-bond acceptors (Lipinski definition) is 3. The van der Waals surface area contributed by atoms with Crippen LogP contribution in [-0.2, 0) is 18.7 Å². The Balaban J connectivity index is 2.14. The van der Waals surface area contributed by atoms with Gasteiger partial charge in [-0.15, -0.1) is 0 Å². The summed E-state index contributed by atoms with van der Waals surface area (Å²) in [6.45, 7) is 2.09. The van der Waals surface area contributed by atoms with Gasteiger partial charge >= 0.3 is 0 Å².